The minimum Gasteiger partial charge on any atom is -0.409 e. The van der Waals surface area contributed by atoms with Crippen molar-refractivity contribution in [1.82, 2.24) is 14.7 Å². The van der Waals surface area contributed by atoms with Crippen LogP contribution in [0.1, 0.15) is 43.8 Å². The molecule has 106 valence electrons. The Morgan fingerprint density at radius 1 is 1.58 bits per heavy atom. The molecular weight excluding hydrogens is 242 g/mol. The molecule has 0 aromatic carbocycles. The van der Waals surface area contributed by atoms with E-state index in [2.05, 4.69) is 32.1 Å². The summed E-state index contributed by atoms with van der Waals surface area (Å²) in [6, 6.07) is 2.68. The maximum atomic E-state index is 8.49. The van der Waals surface area contributed by atoms with Crippen LogP contribution in [-0.2, 0) is 6.54 Å². The number of nitrogens with zero attached hydrogens (tertiary/aromatic N) is 4. The number of hydrogen-bond acceptors (Lipinski definition) is 4. The summed E-state index contributed by atoms with van der Waals surface area (Å²) >= 11 is 0. The minimum absolute atomic E-state index is 0.267. The standard InChI is InChI=1S/C13H23N5O/c1-17(8-7-13(14)16-19)10-11-6-9-18(15-11)12-4-2-3-5-12/h6,9,12,19H,2-5,7-8,10H2,1H3,(H2,14,16). The van der Waals surface area contributed by atoms with Crippen molar-refractivity contribution in [1.29, 1.82) is 0 Å². The lowest BCUT2D eigenvalue weighted by Gasteiger charge is -2.14. The van der Waals surface area contributed by atoms with Crippen LogP contribution in [0.5, 0.6) is 0 Å². The molecule has 2 rings (SSSR count). The molecule has 0 amide bonds. The van der Waals surface area contributed by atoms with Gasteiger partial charge < -0.3 is 15.8 Å². The van der Waals surface area contributed by atoms with E-state index in [0.717, 1.165) is 18.8 Å². The van der Waals surface area contributed by atoms with Crippen molar-refractivity contribution in [2.24, 2.45) is 10.9 Å². The van der Waals surface area contributed by atoms with Gasteiger partial charge in [-0.2, -0.15) is 5.10 Å². The van der Waals surface area contributed by atoms with Crippen molar-refractivity contribution in [3.8, 4) is 0 Å². The molecule has 0 unspecified atom stereocenters. The summed E-state index contributed by atoms with van der Waals surface area (Å²) in [5, 5.41) is 16.1. The average Bonchev–Trinajstić information content (AvgIpc) is 3.06. The number of oxime groups is 1. The zero-order chi connectivity index (χ0) is 13.7. The van der Waals surface area contributed by atoms with Gasteiger partial charge in [0.25, 0.3) is 0 Å². The van der Waals surface area contributed by atoms with Gasteiger partial charge in [-0.3, -0.25) is 4.68 Å². The summed E-state index contributed by atoms with van der Waals surface area (Å²) in [6.07, 6.45) is 7.79. The molecule has 6 nitrogen and oxygen atoms in total. The van der Waals surface area contributed by atoms with Crippen molar-refractivity contribution in [2.75, 3.05) is 13.6 Å². The third-order valence-electron chi connectivity index (χ3n) is 3.67. The summed E-state index contributed by atoms with van der Waals surface area (Å²) in [4.78, 5) is 2.12. The van der Waals surface area contributed by atoms with Crippen LogP contribution in [-0.4, -0.2) is 39.3 Å². The topological polar surface area (TPSA) is 79.7 Å². The van der Waals surface area contributed by atoms with Crippen molar-refractivity contribution < 1.29 is 5.21 Å². The predicted molar refractivity (Wildman–Crippen MR) is 74.1 cm³/mol. The smallest absolute Gasteiger partial charge is 0.140 e. The number of rotatable bonds is 6. The maximum Gasteiger partial charge on any atom is 0.140 e. The number of hydrogen-bond donors (Lipinski definition) is 2. The summed E-state index contributed by atoms with van der Waals surface area (Å²) in [7, 11) is 2.01. The van der Waals surface area contributed by atoms with E-state index in [0.29, 0.717) is 12.5 Å². The summed E-state index contributed by atoms with van der Waals surface area (Å²) in [5.74, 6) is 0.267. The Labute approximate surface area is 113 Å². The van der Waals surface area contributed by atoms with E-state index in [-0.39, 0.29) is 5.84 Å². The van der Waals surface area contributed by atoms with Gasteiger partial charge in [0.2, 0.25) is 0 Å². The van der Waals surface area contributed by atoms with Crippen molar-refractivity contribution >= 4 is 5.84 Å². The molecule has 1 aromatic heterocycles. The first-order chi connectivity index (χ1) is 9.19. The molecule has 0 radical (unpaired) electrons. The van der Waals surface area contributed by atoms with Crippen molar-refractivity contribution in [3.05, 3.63) is 18.0 Å². The Hall–Kier alpha value is -1.56. The van der Waals surface area contributed by atoms with Crippen molar-refractivity contribution in [3.63, 3.8) is 0 Å². The molecule has 0 saturated heterocycles. The largest absolute Gasteiger partial charge is 0.409 e. The van der Waals surface area contributed by atoms with Gasteiger partial charge in [0.15, 0.2) is 0 Å². The number of amidine groups is 1. The summed E-state index contributed by atoms with van der Waals surface area (Å²) in [5.41, 5.74) is 6.53. The fraction of sp³-hybridized carbons (Fsp3) is 0.692. The van der Waals surface area contributed by atoms with E-state index in [9.17, 15) is 0 Å². The normalized spacial score (nSPS) is 17.5. The first kappa shape index (κ1) is 13.9. The third kappa shape index (κ3) is 3.96. The molecule has 1 aliphatic rings. The zero-order valence-corrected chi connectivity index (χ0v) is 11.5. The van der Waals surface area contributed by atoms with E-state index < -0.39 is 0 Å². The number of aromatic nitrogens is 2. The highest BCUT2D eigenvalue weighted by atomic mass is 16.4. The molecule has 1 fully saturated rings. The van der Waals surface area contributed by atoms with Crippen LogP contribution in [0.25, 0.3) is 0 Å². The van der Waals surface area contributed by atoms with Gasteiger partial charge in [-0.25, -0.2) is 0 Å². The number of nitrogens with two attached hydrogens (primary N) is 1. The van der Waals surface area contributed by atoms with Gasteiger partial charge >= 0.3 is 0 Å². The maximum absolute atomic E-state index is 8.49. The Balaban J connectivity index is 1.82. The molecule has 0 atom stereocenters. The van der Waals surface area contributed by atoms with Gasteiger partial charge in [-0.05, 0) is 26.0 Å². The Bertz CT molecular complexity index is 422. The molecule has 3 N–H and O–H groups in total. The lowest BCUT2D eigenvalue weighted by atomic mass is 10.3. The predicted octanol–water partition coefficient (Wildman–Crippen LogP) is 1.57. The summed E-state index contributed by atoms with van der Waals surface area (Å²) < 4.78 is 2.11. The van der Waals surface area contributed by atoms with Crippen LogP contribution in [0.15, 0.2) is 17.4 Å². The summed E-state index contributed by atoms with van der Waals surface area (Å²) in [6.45, 7) is 1.55. The monoisotopic (exact) mass is 265 g/mol. The molecule has 1 aromatic rings. The SMILES string of the molecule is CN(CCC(N)=NO)Cc1ccn(C2CCCC2)n1. The van der Waals surface area contributed by atoms with Crippen LogP contribution in [0.4, 0.5) is 0 Å². The van der Waals surface area contributed by atoms with Gasteiger partial charge in [-0.15, -0.1) is 0 Å². The van der Waals surface area contributed by atoms with Gasteiger partial charge in [0.05, 0.1) is 11.7 Å². The van der Waals surface area contributed by atoms with Crippen LogP contribution in [0.3, 0.4) is 0 Å². The molecule has 19 heavy (non-hydrogen) atoms. The Kier molecular flexibility index (Phi) is 4.79. The fourth-order valence-electron chi connectivity index (χ4n) is 2.54. The van der Waals surface area contributed by atoms with Crippen LogP contribution in [0.2, 0.25) is 0 Å². The van der Waals surface area contributed by atoms with Crippen LogP contribution in [0, 0.1) is 0 Å². The second kappa shape index (κ2) is 6.56. The third-order valence-corrected chi connectivity index (χ3v) is 3.67. The highest BCUT2D eigenvalue weighted by Crippen LogP contribution is 2.28. The first-order valence-corrected chi connectivity index (χ1v) is 6.88. The molecule has 0 spiro atoms. The van der Waals surface area contributed by atoms with E-state index in [1.165, 1.54) is 25.7 Å². The molecule has 0 bridgehead atoms. The minimum atomic E-state index is 0.267. The average molecular weight is 265 g/mol. The quantitative estimate of drug-likeness (QED) is 0.354. The van der Waals surface area contributed by atoms with E-state index in [1.807, 2.05) is 7.05 Å². The Morgan fingerprint density at radius 2 is 2.32 bits per heavy atom. The van der Waals surface area contributed by atoms with Gasteiger partial charge in [-0.1, -0.05) is 18.0 Å². The highest BCUT2D eigenvalue weighted by molar-refractivity contribution is 5.79. The second-order valence-electron chi connectivity index (χ2n) is 5.30. The highest BCUT2D eigenvalue weighted by Gasteiger charge is 2.17. The van der Waals surface area contributed by atoms with E-state index >= 15 is 0 Å². The van der Waals surface area contributed by atoms with Crippen LogP contribution < -0.4 is 5.73 Å². The molecular formula is C13H23N5O. The Morgan fingerprint density at radius 3 is 3.00 bits per heavy atom. The second-order valence-corrected chi connectivity index (χ2v) is 5.30. The fourth-order valence-corrected chi connectivity index (χ4v) is 2.54. The van der Waals surface area contributed by atoms with E-state index in [4.69, 9.17) is 10.9 Å². The van der Waals surface area contributed by atoms with Gasteiger partial charge in [0, 0.05) is 25.7 Å². The van der Waals surface area contributed by atoms with Crippen molar-refractivity contribution in [2.45, 2.75) is 44.7 Å². The molecule has 1 heterocycles. The lowest BCUT2D eigenvalue weighted by Crippen LogP contribution is -2.24. The molecule has 0 aliphatic heterocycles. The van der Waals surface area contributed by atoms with Gasteiger partial charge in [0.1, 0.15) is 5.84 Å². The van der Waals surface area contributed by atoms with E-state index in [1.54, 1.807) is 0 Å². The first-order valence-electron chi connectivity index (χ1n) is 6.88. The molecule has 1 aliphatic carbocycles. The zero-order valence-electron chi connectivity index (χ0n) is 11.5. The van der Waals surface area contributed by atoms with Crippen LogP contribution >= 0.6 is 0 Å². The molecule has 1 saturated carbocycles. The lowest BCUT2D eigenvalue weighted by molar-refractivity contribution is 0.308. The molecule has 6 heteroatoms.